The molecule has 0 saturated heterocycles. The average Bonchev–Trinajstić information content (AvgIpc) is 3.28. The fraction of sp³-hybridized carbons (Fsp3) is 0.435. The zero-order valence-electron chi connectivity index (χ0n) is 17.7. The molecule has 0 bridgehead atoms. The highest BCUT2D eigenvalue weighted by atomic mass is 32.1. The third-order valence-corrected chi connectivity index (χ3v) is 5.69. The molecule has 4 rings (SSSR count). The lowest BCUT2D eigenvalue weighted by atomic mass is 10.1. The predicted molar refractivity (Wildman–Crippen MR) is 126 cm³/mol. The monoisotopic (exact) mass is 439 g/mol. The fourth-order valence-electron chi connectivity index (χ4n) is 3.31. The van der Waals surface area contributed by atoms with Crippen molar-refractivity contribution >= 4 is 22.4 Å². The number of hydrogen-bond acceptors (Lipinski definition) is 8. The van der Waals surface area contributed by atoms with E-state index in [0.717, 1.165) is 74.1 Å². The number of rotatable bonds is 10. The number of anilines is 1. The molecule has 8 heteroatoms. The number of pyridine rings is 1. The Bertz CT molecular complexity index is 938. The molecule has 2 N–H and O–H groups in total. The molecule has 0 aromatic carbocycles. The first kappa shape index (κ1) is 21.5. The van der Waals surface area contributed by atoms with Crippen LogP contribution in [0, 0.1) is 0 Å². The van der Waals surface area contributed by atoms with Gasteiger partial charge >= 0.3 is 0 Å². The first-order valence-corrected chi connectivity index (χ1v) is 11.8. The normalized spacial score (nSPS) is 15.7. The van der Waals surface area contributed by atoms with E-state index in [9.17, 15) is 0 Å². The summed E-state index contributed by atoms with van der Waals surface area (Å²) in [6, 6.07) is 3.90. The summed E-state index contributed by atoms with van der Waals surface area (Å²) in [6.07, 6.45) is 13.6. The summed E-state index contributed by atoms with van der Waals surface area (Å²) in [5.74, 6) is 1.40. The topological polar surface area (TPSA) is 80.7 Å². The molecule has 2 aromatic heterocycles. The number of nitrogens with one attached hydrogen (secondary N) is 2. The van der Waals surface area contributed by atoms with Crippen LogP contribution in [-0.2, 0) is 4.74 Å². The Labute approximate surface area is 187 Å². The smallest absolute Gasteiger partial charge is 0.222 e. The molecule has 7 nitrogen and oxygen atoms in total. The van der Waals surface area contributed by atoms with E-state index in [1.54, 1.807) is 17.5 Å². The molecule has 0 saturated carbocycles. The lowest BCUT2D eigenvalue weighted by Gasteiger charge is -2.14. The largest absolute Gasteiger partial charge is 0.477 e. The van der Waals surface area contributed by atoms with E-state index in [2.05, 4.69) is 43.8 Å². The zero-order chi connectivity index (χ0) is 21.1. The molecule has 164 valence electrons. The molecule has 0 radical (unpaired) electrons. The van der Waals surface area contributed by atoms with Crippen LogP contribution in [0.25, 0.3) is 11.3 Å². The highest BCUT2D eigenvalue weighted by Gasteiger charge is 2.13. The van der Waals surface area contributed by atoms with Gasteiger partial charge < -0.3 is 20.1 Å². The van der Waals surface area contributed by atoms with Crippen molar-refractivity contribution in [3.8, 4) is 17.1 Å². The van der Waals surface area contributed by atoms with Crippen LogP contribution in [-0.4, -0.2) is 48.8 Å². The van der Waals surface area contributed by atoms with Gasteiger partial charge in [0.15, 0.2) is 11.1 Å². The van der Waals surface area contributed by atoms with Gasteiger partial charge in [-0.2, -0.15) is 0 Å². The summed E-state index contributed by atoms with van der Waals surface area (Å²) < 4.78 is 11.7. The van der Waals surface area contributed by atoms with E-state index >= 15 is 0 Å². The van der Waals surface area contributed by atoms with Crippen molar-refractivity contribution in [2.24, 2.45) is 4.99 Å². The minimum Gasteiger partial charge on any atom is -0.477 e. The van der Waals surface area contributed by atoms with E-state index in [0.29, 0.717) is 19.1 Å². The summed E-state index contributed by atoms with van der Waals surface area (Å²) in [4.78, 5) is 13.5. The number of hydrogen-bond donors (Lipinski definition) is 2. The Morgan fingerprint density at radius 2 is 2.16 bits per heavy atom. The first-order valence-electron chi connectivity index (χ1n) is 10.9. The SMILES string of the molecule is C1=CC(COCCCCOc2ncccc2-c2csc(NC3=NCCCN3)n2)=CCC1. The Balaban J connectivity index is 1.22. The van der Waals surface area contributed by atoms with Gasteiger partial charge in [0.05, 0.1) is 24.5 Å². The molecule has 3 heterocycles. The van der Waals surface area contributed by atoms with E-state index < -0.39 is 0 Å². The number of aromatic nitrogens is 2. The number of allylic oxidation sites excluding steroid dienone is 2. The molecule has 2 aromatic rings. The fourth-order valence-corrected chi connectivity index (χ4v) is 4.02. The van der Waals surface area contributed by atoms with Crippen LogP contribution in [0.15, 0.2) is 52.5 Å². The standard InChI is InChI=1S/C23H29N5O2S/c1-2-8-18(9-3-1)16-29-14-4-5-15-30-21-19(10-6-11-24-21)20-17-31-23(27-20)28-22-25-12-7-13-26-22/h2,6,8-11,17H,1,3-5,7,12-16H2,(H2,25,26,27,28). The Hall–Kier alpha value is -2.71. The number of nitrogens with zero attached hydrogens (tertiary/aromatic N) is 3. The predicted octanol–water partition coefficient (Wildman–Crippen LogP) is 4.42. The molecular formula is C23H29N5O2S. The van der Waals surface area contributed by atoms with Crippen molar-refractivity contribution in [2.75, 3.05) is 38.2 Å². The van der Waals surface area contributed by atoms with E-state index in [1.807, 2.05) is 17.5 Å². The van der Waals surface area contributed by atoms with Crippen LogP contribution < -0.4 is 15.4 Å². The number of aliphatic imine (C=N–C) groups is 1. The number of guanidine groups is 1. The zero-order valence-corrected chi connectivity index (χ0v) is 18.5. The number of ether oxygens (including phenoxy) is 2. The third kappa shape index (κ3) is 6.63. The molecule has 1 aliphatic heterocycles. The second kappa shape index (κ2) is 11.6. The summed E-state index contributed by atoms with van der Waals surface area (Å²) in [5, 5.41) is 9.31. The third-order valence-electron chi connectivity index (χ3n) is 4.94. The Kier molecular flexibility index (Phi) is 8.07. The van der Waals surface area contributed by atoms with Crippen molar-refractivity contribution in [1.82, 2.24) is 15.3 Å². The highest BCUT2D eigenvalue weighted by Crippen LogP contribution is 2.30. The van der Waals surface area contributed by atoms with Crippen LogP contribution in [0.3, 0.4) is 0 Å². The Morgan fingerprint density at radius 3 is 3.03 bits per heavy atom. The summed E-state index contributed by atoms with van der Waals surface area (Å²) in [6.45, 7) is 3.82. The van der Waals surface area contributed by atoms with Crippen LogP contribution >= 0.6 is 11.3 Å². The van der Waals surface area contributed by atoms with Gasteiger partial charge in [0.25, 0.3) is 0 Å². The van der Waals surface area contributed by atoms with Crippen molar-refractivity contribution in [3.63, 3.8) is 0 Å². The minimum absolute atomic E-state index is 0.603. The number of unbranched alkanes of at least 4 members (excludes halogenated alkanes) is 1. The minimum atomic E-state index is 0.603. The van der Waals surface area contributed by atoms with Gasteiger partial charge in [-0.1, -0.05) is 18.2 Å². The van der Waals surface area contributed by atoms with Crippen LogP contribution in [0.1, 0.15) is 32.1 Å². The Morgan fingerprint density at radius 1 is 1.19 bits per heavy atom. The number of thiazole rings is 1. The second-order valence-electron chi connectivity index (χ2n) is 7.40. The van der Waals surface area contributed by atoms with E-state index in [4.69, 9.17) is 9.47 Å². The summed E-state index contributed by atoms with van der Waals surface area (Å²) >= 11 is 1.54. The molecule has 0 atom stereocenters. The quantitative estimate of drug-likeness (QED) is 0.534. The highest BCUT2D eigenvalue weighted by molar-refractivity contribution is 7.14. The molecule has 2 aliphatic rings. The molecule has 0 unspecified atom stereocenters. The van der Waals surface area contributed by atoms with Crippen molar-refractivity contribution in [2.45, 2.75) is 32.1 Å². The van der Waals surface area contributed by atoms with E-state index in [1.165, 1.54) is 5.57 Å². The maximum atomic E-state index is 5.97. The van der Waals surface area contributed by atoms with Crippen LogP contribution in [0.4, 0.5) is 5.13 Å². The van der Waals surface area contributed by atoms with Gasteiger partial charge in [-0.25, -0.2) is 9.97 Å². The van der Waals surface area contributed by atoms with Gasteiger partial charge in [0.2, 0.25) is 5.88 Å². The van der Waals surface area contributed by atoms with Crippen molar-refractivity contribution in [1.29, 1.82) is 0 Å². The molecule has 1 aliphatic carbocycles. The summed E-state index contributed by atoms with van der Waals surface area (Å²) in [5.41, 5.74) is 3.03. The van der Waals surface area contributed by atoms with Crippen molar-refractivity contribution in [3.05, 3.63) is 47.5 Å². The molecule has 0 fully saturated rings. The summed E-state index contributed by atoms with van der Waals surface area (Å²) in [7, 11) is 0. The maximum Gasteiger partial charge on any atom is 0.222 e. The lowest BCUT2D eigenvalue weighted by molar-refractivity contribution is 0.147. The van der Waals surface area contributed by atoms with Crippen LogP contribution in [0.2, 0.25) is 0 Å². The van der Waals surface area contributed by atoms with Gasteiger partial charge in [-0.15, -0.1) is 11.3 Å². The molecule has 31 heavy (non-hydrogen) atoms. The maximum absolute atomic E-state index is 5.97. The van der Waals surface area contributed by atoms with Gasteiger partial charge in [-0.05, 0) is 49.8 Å². The van der Waals surface area contributed by atoms with Gasteiger partial charge in [0.1, 0.15) is 0 Å². The lowest BCUT2D eigenvalue weighted by Crippen LogP contribution is -2.35. The molecule has 0 amide bonds. The van der Waals surface area contributed by atoms with Crippen molar-refractivity contribution < 1.29 is 9.47 Å². The first-order chi connectivity index (χ1) is 15.4. The molecular weight excluding hydrogens is 410 g/mol. The average molecular weight is 440 g/mol. The van der Waals surface area contributed by atoms with Gasteiger partial charge in [-0.3, -0.25) is 4.99 Å². The van der Waals surface area contributed by atoms with Gasteiger partial charge in [0, 0.05) is 31.3 Å². The van der Waals surface area contributed by atoms with E-state index in [-0.39, 0.29) is 0 Å². The second-order valence-corrected chi connectivity index (χ2v) is 8.25. The van der Waals surface area contributed by atoms with Crippen LogP contribution in [0.5, 0.6) is 5.88 Å². The molecule has 0 spiro atoms.